The highest BCUT2D eigenvalue weighted by Gasteiger charge is 2.30. The first-order valence-electron chi connectivity index (χ1n) is 7.37. The highest BCUT2D eigenvalue weighted by molar-refractivity contribution is 5.60. The molecule has 0 saturated carbocycles. The van der Waals surface area contributed by atoms with Gasteiger partial charge in [0.25, 0.3) is 0 Å². The smallest absolute Gasteiger partial charge is 0.105 e. The van der Waals surface area contributed by atoms with Crippen molar-refractivity contribution in [2.75, 3.05) is 18.0 Å². The molecule has 0 aliphatic carbocycles. The molecule has 0 fully saturated rings. The summed E-state index contributed by atoms with van der Waals surface area (Å²) in [5.41, 5.74) is 8.58. The van der Waals surface area contributed by atoms with E-state index in [9.17, 15) is 0 Å². The van der Waals surface area contributed by atoms with Crippen LogP contribution in [-0.2, 0) is 6.42 Å². The van der Waals surface area contributed by atoms with Crippen LogP contribution < -0.4 is 10.6 Å². The van der Waals surface area contributed by atoms with Gasteiger partial charge in [-0.05, 0) is 43.7 Å². The summed E-state index contributed by atoms with van der Waals surface area (Å²) in [7, 11) is 0. The Morgan fingerprint density at radius 1 is 1.30 bits per heavy atom. The summed E-state index contributed by atoms with van der Waals surface area (Å²) in [5, 5.41) is 0. The van der Waals surface area contributed by atoms with E-state index in [2.05, 4.69) is 42.2 Å². The van der Waals surface area contributed by atoms with Crippen molar-refractivity contribution in [3.63, 3.8) is 0 Å². The summed E-state index contributed by atoms with van der Waals surface area (Å²) in [4.78, 5) is 2.50. The number of furan rings is 1. The van der Waals surface area contributed by atoms with Crippen LogP contribution >= 0.6 is 0 Å². The second-order valence-electron chi connectivity index (χ2n) is 5.62. The summed E-state index contributed by atoms with van der Waals surface area (Å²) in [6, 6.07) is 13.2. The number of anilines is 1. The van der Waals surface area contributed by atoms with Crippen LogP contribution in [0.3, 0.4) is 0 Å². The van der Waals surface area contributed by atoms with E-state index in [1.165, 1.54) is 11.3 Å². The lowest BCUT2D eigenvalue weighted by Crippen LogP contribution is -2.33. The standard InChI is InChI=1S/C17H22N2O/c1-13(11-15-5-4-10-20-15)19-12-14(8-9-18)16-6-2-3-7-17(16)19/h2-7,10,13-14H,8-9,11-12,18H2,1H3. The Balaban J connectivity index is 1.80. The van der Waals surface area contributed by atoms with Crippen LogP contribution in [0.25, 0.3) is 0 Å². The number of nitrogens with two attached hydrogens (primary N) is 1. The molecule has 3 nitrogen and oxygen atoms in total. The number of nitrogens with zero attached hydrogens (tertiary/aromatic N) is 1. The first-order valence-corrected chi connectivity index (χ1v) is 7.37. The Kier molecular flexibility index (Phi) is 3.79. The van der Waals surface area contributed by atoms with Gasteiger partial charge in [-0.25, -0.2) is 0 Å². The Morgan fingerprint density at radius 2 is 2.15 bits per heavy atom. The molecule has 0 bridgehead atoms. The molecule has 3 heteroatoms. The van der Waals surface area contributed by atoms with Gasteiger partial charge in [-0.1, -0.05) is 18.2 Å². The fraction of sp³-hybridized carbons (Fsp3) is 0.412. The fourth-order valence-corrected chi connectivity index (χ4v) is 3.22. The van der Waals surface area contributed by atoms with Gasteiger partial charge in [-0.2, -0.15) is 0 Å². The lowest BCUT2D eigenvalue weighted by molar-refractivity contribution is 0.479. The van der Waals surface area contributed by atoms with Crippen molar-refractivity contribution in [1.82, 2.24) is 0 Å². The van der Waals surface area contributed by atoms with E-state index in [0.717, 1.165) is 31.7 Å². The van der Waals surface area contributed by atoms with Crippen LogP contribution in [-0.4, -0.2) is 19.1 Å². The van der Waals surface area contributed by atoms with E-state index < -0.39 is 0 Å². The quantitative estimate of drug-likeness (QED) is 0.907. The Bertz CT molecular complexity index is 550. The van der Waals surface area contributed by atoms with E-state index in [0.29, 0.717) is 12.0 Å². The van der Waals surface area contributed by atoms with Gasteiger partial charge < -0.3 is 15.1 Å². The molecule has 2 atom stereocenters. The molecule has 106 valence electrons. The van der Waals surface area contributed by atoms with Crippen molar-refractivity contribution in [3.05, 3.63) is 54.0 Å². The molecule has 2 unspecified atom stereocenters. The predicted molar refractivity (Wildman–Crippen MR) is 82.1 cm³/mol. The number of hydrogen-bond acceptors (Lipinski definition) is 3. The summed E-state index contributed by atoms with van der Waals surface area (Å²) in [6.45, 7) is 4.09. The van der Waals surface area contributed by atoms with E-state index in [1.807, 2.05) is 6.07 Å². The SMILES string of the molecule is CC(Cc1ccco1)N1CC(CCN)c2ccccc21. The van der Waals surface area contributed by atoms with Crippen LogP contribution in [0, 0.1) is 0 Å². The topological polar surface area (TPSA) is 42.4 Å². The Morgan fingerprint density at radius 3 is 2.90 bits per heavy atom. The third kappa shape index (κ3) is 2.46. The molecule has 0 amide bonds. The van der Waals surface area contributed by atoms with Gasteiger partial charge >= 0.3 is 0 Å². The van der Waals surface area contributed by atoms with Gasteiger partial charge in [-0.15, -0.1) is 0 Å². The molecular formula is C17H22N2O. The van der Waals surface area contributed by atoms with Crippen LogP contribution in [0.1, 0.15) is 30.6 Å². The zero-order chi connectivity index (χ0) is 13.9. The van der Waals surface area contributed by atoms with Gasteiger partial charge in [0.05, 0.1) is 6.26 Å². The molecule has 1 aromatic heterocycles. The first kappa shape index (κ1) is 13.3. The van der Waals surface area contributed by atoms with Gasteiger partial charge in [0.15, 0.2) is 0 Å². The Hall–Kier alpha value is -1.74. The van der Waals surface area contributed by atoms with Crippen molar-refractivity contribution in [3.8, 4) is 0 Å². The lowest BCUT2D eigenvalue weighted by Gasteiger charge is -2.27. The molecular weight excluding hydrogens is 248 g/mol. The minimum Gasteiger partial charge on any atom is -0.469 e. The van der Waals surface area contributed by atoms with Crippen LogP contribution in [0.2, 0.25) is 0 Å². The number of para-hydroxylation sites is 1. The van der Waals surface area contributed by atoms with E-state index in [4.69, 9.17) is 10.2 Å². The Labute approximate surface area is 120 Å². The van der Waals surface area contributed by atoms with Gasteiger partial charge in [0, 0.05) is 30.6 Å². The monoisotopic (exact) mass is 270 g/mol. The number of benzene rings is 1. The molecule has 1 aliphatic heterocycles. The molecule has 2 aromatic rings. The summed E-state index contributed by atoms with van der Waals surface area (Å²) >= 11 is 0. The van der Waals surface area contributed by atoms with Crippen molar-refractivity contribution in [2.45, 2.75) is 31.7 Å². The normalized spacial score (nSPS) is 19.1. The highest BCUT2D eigenvalue weighted by Crippen LogP contribution is 2.39. The summed E-state index contributed by atoms with van der Waals surface area (Å²) in [5.74, 6) is 1.62. The maximum Gasteiger partial charge on any atom is 0.105 e. The predicted octanol–water partition coefficient (Wildman–Crippen LogP) is 3.16. The van der Waals surface area contributed by atoms with Gasteiger partial charge in [0.1, 0.15) is 5.76 Å². The molecule has 20 heavy (non-hydrogen) atoms. The lowest BCUT2D eigenvalue weighted by atomic mass is 9.98. The van der Waals surface area contributed by atoms with E-state index in [-0.39, 0.29) is 0 Å². The molecule has 0 spiro atoms. The maximum atomic E-state index is 5.76. The zero-order valence-electron chi connectivity index (χ0n) is 12.0. The van der Waals surface area contributed by atoms with Crippen molar-refractivity contribution in [1.29, 1.82) is 0 Å². The maximum absolute atomic E-state index is 5.76. The number of hydrogen-bond donors (Lipinski definition) is 1. The third-order valence-corrected chi connectivity index (χ3v) is 4.23. The fourth-order valence-electron chi connectivity index (χ4n) is 3.22. The number of fused-ring (bicyclic) bond motifs is 1. The molecule has 2 N–H and O–H groups in total. The minimum absolute atomic E-state index is 0.435. The van der Waals surface area contributed by atoms with Gasteiger partial charge in [-0.3, -0.25) is 0 Å². The minimum atomic E-state index is 0.435. The van der Waals surface area contributed by atoms with E-state index >= 15 is 0 Å². The highest BCUT2D eigenvalue weighted by atomic mass is 16.3. The van der Waals surface area contributed by atoms with Crippen molar-refractivity contribution in [2.24, 2.45) is 5.73 Å². The van der Waals surface area contributed by atoms with Crippen LogP contribution in [0.5, 0.6) is 0 Å². The summed E-state index contributed by atoms with van der Waals surface area (Å²) < 4.78 is 5.48. The van der Waals surface area contributed by atoms with Crippen LogP contribution in [0.15, 0.2) is 47.1 Å². The molecule has 3 rings (SSSR count). The molecule has 1 aliphatic rings. The van der Waals surface area contributed by atoms with Gasteiger partial charge in [0.2, 0.25) is 0 Å². The second kappa shape index (κ2) is 5.71. The average Bonchev–Trinajstić information content (AvgIpc) is 3.08. The molecule has 2 heterocycles. The zero-order valence-corrected chi connectivity index (χ0v) is 12.0. The molecule has 1 aromatic carbocycles. The summed E-state index contributed by atoms with van der Waals surface area (Å²) in [6.07, 6.45) is 3.74. The molecule has 0 radical (unpaired) electrons. The van der Waals surface area contributed by atoms with Crippen LogP contribution in [0.4, 0.5) is 5.69 Å². The van der Waals surface area contributed by atoms with Crippen molar-refractivity contribution < 1.29 is 4.42 Å². The number of rotatable bonds is 5. The van der Waals surface area contributed by atoms with Crippen molar-refractivity contribution >= 4 is 5.69 Å². The average molecular weight is 270 g/mol. The molecule has 0 saturated heterocycles. The first-order chi connectivity index (χ1) is 9.79. The third-order valence-electron chi connectivity index (χ3n) is 4.23. The second-order valence-corrected chi connectivity index (χ2v) is 5.62. The van der Waals surface area contributed by atoms with E-state index in [1.54, 1.807) is 6.26 Å². The largest absolute Gasteiger partial charge is 0.469 e.